The Morgan fingerprint density at radius 1 is 1.33 bits per heavy atom. The standard InChI is InChI=1S/C18H15BrN2O5S/c19-13-6-7-14(15(10-13)21(24)25)20-18(8-9-27-16(18)17(22)23)26-11-12-4-2-1-3-5-12/h1-10,16,20H,11H2,(H,22,23). The Balaban J connectivity index is 1.95. The summed E-state index contributed by atoms with van der Waals surface area (Å²) >= 11 is 4.29. The van der Waals surface area contributed by atoms with Gasteiger partial charge in [-0.05, 0) is 29.2 Å². The van der Waals surface area contributed by atoms with Gasteiger partial charge in [-0.3, -0.25) is 14.9 Å². The predicted octanol–water partition coefficient (Wildman–Crippen LogP) is 4.40. The number of thioether (sulfide) groups is 1. The van der Waals surface area contributed by atoms with Crippen molar-refractivity contribution in [1.82, 2.24) is 0 Å². The second-order valence-electron chi connectivity index (χ2n) is 5.77. The minimum atomic E-state index is -1.43. The molecule has 1 heterocycles. The quantitative estimate of drug-likeness (QED) is 0.366. The highest BCUT2D eigenvalue weighted by Crippen LogP contribution is 2.40. The Kier molecular flexibility index (Phi) is 5.83. The van der Waals surface area contributed by atoms with Gasteiger partial charge in [0.15, 0.2) is 11.0 Å². The van der Waals surface area contributed by atoms with Crippen LogP contribution in [0.2, 0.25) is 0 Å². The minimum Gasteiger partial charge on any atom is -0.480 e. The summed E-state index contributed by atoms with van der Waals surface area (Å²) in [5.41, 5.74) is -0.570. The lowest BCUT2D eigenvalue weighted by atomic mass is 10.1. The van der Waals surface area contributed by atoms with E-state index in [9.17, 15) is 20.0 Å². The zero-order chi connectivity index (χ0) is 19.4. The van der Waals surface area contributed by atoms with E-state index in [1.165, 1.54) is 12.1 Å². The number of nitrogens with zero attached hydrogens (tertiary/aromatic N) is 1. The molecule has 0 aromatic heterocycles. The van der Waals surface area contributed by atoms with Crippen LogP contribution in [0.1, 0.15) is 5.56 Å². The van der Waals surface area contributed by atoms with Crippen molar-refractivity contribution in [1.29, 1.82) is 0 Å². The molecule has 0 radical (unpaired) electrons. The number of halogens is 1. The van der Waals surface area contributed by atoms with Crippen molar-refractivity contribution in [3.05, 3.63) is 80.2 Å². The summed E-state index contributed by atoms with van der Waals surface area (Å²) in [5, 5.41) is 24.6. The van der Waals surface area contributed by atoms with E-state index in [1.54, 1.807) is 17.6 Å². The first-order valence-corrected chi connectivity index (χ1v) is 9.61. The van der Waals surface area contributed by atoms with Gasteiger partial charge in [0.2, 0.25) is 0 Å². The van der Waals surface area contributed by atoms with Gasteiger partial charge in [-0.15, -0.1) is 11.8 Å². The molecule has 0 amide bonds. The number of aliphatic carboxylic acids is 1. The molecule has 2 unspecified atom stereocenters. The summed E-state index contributed by atoms with van der Waals surface area (Å²) in [5.74, 6) is -1.08. The van der Waals surface area contributed by atoms with Crippen LogP contribution < -0.4 is 5.32 Å². The van der Waals surface area contributed by atoms with Gasteiger partial charge in [0.1, 0.15) is 5.69 Å². The topological polar surface area (TPSA) is 102 Å². The lowest BCUT2D eigenvalue weighted by Crippen LogP contribution is -2.50. The monoisotopic (exact) mass is 450 g/mol. The Bertz CT molecular complexity index is 893. The van der Waals surface area contributed by atoms with Crippen molar-refractivity contribution in [2.45, 2.75) is 17.6 Å². The van der Waals surface area contributed by atoms with Crippen LogP contribution in [0.5, 0.6) is 0 Å². The summed E-state index contributed by atoms with van der Waals surface area (Å²) in [7, 11) is 0. The van der Waals surface area contributed by atoms with Crippen LogP contribution in [0, 0.1) is 10.1 Å². The van der Waals surface area contributed by atoms with Crippen molar-refractivity contribution in [2.75, 3.05) is 5.32 Å². The number of carboxylic acid groups (broad SMARTS) is 1. The maximum absolute atomic E-state index is 11.8. The fourth-order valence-electron chi connectivity index (χ4n) is 2.67. The number of nitro groups is 1. The van der Waals surface area contributed by atoms with Crippen LogP contribution in [0.15, 0.2) is 64.5 Å². The molecule has 0 saturated carbocycles. The van der Waals surface area contributed by atoms with E-state index >= 15 is 0 Å². The fourth-order valence-corrected chi connectivity index (χ4v) is 3.98. The van der Waals surface area contributed by atoms with Gasteiger partial charge in [-0.2, -0.15) is 0 Å². The molecule has 27 heavy (non-hydrogen) atoms. The van der Waals surface area contributed by atoms with Crippen molar-refractivity contribution < 1.29 is 19.6 Å². The predicted molar refractivity (Wildman–Crippen MR) is 107 cm³/mol. The van der Waals surface area contributed by atoms with Crippen LogP contribution in [0.4, 0.5) is 11.4 Å². The third kappa shape index (κ3) is 4.32. The van der Waals surface area contributed by atoms with Crippen molar-refractivity contribution in [3.63, 3.8) is 0 Å². The third-order valence-electron chi connectivity index (χ3n) is 3.95. The normalized spacial score (nSPS) is 21.1. The minimum absolute atomic E-state index is 0.146. The number of anilines is 1. The Labute approximate surface area is 167 Å². The smallest absolute Gasteiger partial charge is 0.322 e. The highest BCUT2D eigenvalue weighted by molar-refractivity contribution is 9.10. The number of nitro benzene ring substituents is 1. The summed E-state index contributed by atoms with van der Waals surface area (Å²) in [6, 6.07) is 13.8. The van der Waals surface area contributed by atoms with Crippen LogP contribution in [-0.4, -0.2) is 27.0 Å². The average Bonchev–Trinajstić information content (AvgIpc) is 3.06. The lowest BCUT2D eigenvalue weighted by Gasteiger charge is -2.33. The number of hydrogen-bond donors (Lipinski definition) is 2. The van der Waals surface area contributed by atoms with Crippen LogP contribution >= 0.6 is 27.7 Å². The first-order chi connectivity index (χ1) is 12.9. The molecular formula is C18H15BrN2O5S. The van der Waals surface area contributed by atoms with E-state index in [2.05, 4.69) is 21.2 Å². The molecule has 2 aromatic rings. The van der Waals surface area contributed by atoms with Crippen molar-refractivity contribution in [2.24, 2.45) is 0 Å². The van der Waals surface area contributed by atoms with E-state index < -0.39 is 21.9 Å². The third-order valence-corrected chi connectivity index (χ3v) is 5.56. The number of carbonyl (C=O) groups is 1. The summed E-state index contributed by atoms with van der Waals surface area (Å²) in [6.45, 7) is 0.146. The molecule has 9 heteroatoms. The van der Waals surface area contributed by atoms with E-state index in [0.717, 1.165) is 17.3 Å². The first kappa shape index (κ1) is 19.4. The van der Waals surface area contributed by atoms with Gasteiger partial charge >= 0.3 is 5.97 Å². The molecule has 0 fully saturated rings. The Morgan fingerprint density at radius 3 is 2.74 bits per heavy atom. The molecule has 2 N–H and O–H groups in total. The number of hydrogen-bond acceptors (Lipinski definition) is 6. The molecule has 3 rings (SSSR count). The van der Waals surface area contributed by atoms with Crippen LogP contribution in [0.25, 0.3) is 0 Å². The number of nitrogens with one attached hydrogen (secondary N) is 1. The summed E-state index contributed by atoms with van der Waals surface area (Å²) < 4.78 is 6.53. The summed E-state index contributed by atoms with van der Waals surface area (Å²) in [4.78, 5) is 22.7. The van der Waals surface area contributed by atoms with E-state index in [4.69, 9.17) is 4.74 Å². The highest BCUT2D eigenvalue weighted by Gasteiger charge is 2.47. The zero-order valence-corrected chi connectivity index (χ0v) is 16.3. The molecule has 1 aliphatic rings. The summed E-state index contributed by atoms with van der Waals surface area (Å²) in [6.07, 6.45) is 1.59. The van der Waals surface area contributed by atoms with Crippen molar-refractivity contribution >= 4 is 45.0 Å². The van der Waals surface area contributed by atoms with E-state index in [0.29, 0.717) is 4.47 Å². The molecular weight excluding hydrogens is 436 g/mol. The fraction of sp³-hybridized carbons (Fsp3) is 0.167. The largest absolute Gasteiger partial charge is 0.480 e. The molecule has 1 aliphatic heterocycles. The molecule has 0 saturated heterocycles. The zero-order valence-electron chi connectivity index (χ0n) is 13.9. The van der Waals surface area contributed by atoms with Gasteiger partial charge in [0.25, 0.3) is 5.69 Å². The number of rotatable bonds is 7. The van der Waals surface area contributed by atoms with Gasteiger partial charge in [-0.25, -0.2) is 0 Å². The second-order valence-corrected chi connectivity index (χ2v) is 7.70. The molecule has 0 spiro atoms. The SMILES string of the molecule is O=C(O)C1SC=CC1(Nc1ccc(Br)cc1[N+](=O)[O-])OCc1ccccc1. The number of carboxylic acids is 1. The van der Waals surface area contributed by atoms with Gasteiger partial charge in [0, 0.05) is 10.5 Å². The highest BCUT2D eigenvalue weighted by atomic mass is 79.9. The molecule has 2 aromatic carbocycles. The van der Waals surface area contributed by atoms with Gasteiger partial charge < -0.3 is 15.2 Å². The Morgan fingerprint density at radius 2 is 2.07 bits per heavy atom. The van der Waals surface area contributed by atoms with Crippen LogP contribution in [-0.2, 0) is 16.1 Å². The number of ether oxygens (including phenoxy) is 1. The molecule has 0 bridgehead atoms. The van der Waals surface area contributed by atoms with Gasteiger partial charge in [-0.1, -0.05) is 46.3 Å². The molecule has 0 aliphatic carbocycles. The molecule has 7 nitrogen and oxygen atoms in total. The van der Waals surface area contributed by atoms with E-state index in [-0.39, 0.29) is 18.0 Å². The maximum Gasteiger partial charge on any atom is 0.322 e. The second kappa shape index (κ2) is 8.12. The van der Waals surface area contributed by atoms with Crippen molar-refractivity contribution in [3.8, 4) is 0 Å². The van der Waals surface area contributed by atoms with Crippen LogP contribution in [0.3, 0.4) is 0 Å². The van der Waals surface area contributed by atoms with Gasteiger partial charge in [0.05, 0.1) is 11.5 Å². The Hall–Kier alpha value is -2.36. The molecule has 2 atom stereocenters. The lowest BCUT2D eigenvalue weighted by molar-refractivity contribution is -0.384. The maximum atomic E-state index is 11.8. The molecule has 140 valence electrons. The number of benzene rings is 2. The average molecular weight is 451 g/mol. The van der Waals surface area contributed by atoms with E-state index in [1.807, 2.05) is 30.3 Å². The first-order valence-electron chi connectivity index (χ1n) is 7.87.